The van der Waals surface area contributed by atoms with Crippen molar-refractivity contribution in [2.45, 2.75) is 25.8 Å². The van der Waals surface area contributed by atoms with Crippen LogP contribution in [0.4, 0.5) is 5.82 Å². The maximum Gasteiger partial charge on any atom is 0.256 e. The van der Waals surface area contributed by atoms with Gasteiger partial charge in [0.05, 0.1) is 11.4 Å². The normalized spacial score (nSPS) is 20.5. The van der Waals surface area contributed by atoms with Crippen molar-refractivity contribution in [2.24, 2.45) is 0 Å². The predicted molar refractivity (Wildman–Crippen MR) is 96.3 cm³/mol. The molecule has 0 bridgehead atoms. The van der Waals surface area contributed by atoms with E-state index in [0.717, 1.165) is 18.9 Å². The highest BCUT2D eigenvalue weighted by Crippen LogP contribution is 2.25. The molecule has 0 saturated carbocycles. The lowest BCUT2D eigenvalue weighted by Crippen LogP contribution is -2.47. The van der Waals surface area contributed by atoms with Crippen LogP contribution in [-0.2, 0) is 4.79 Å². The highest BCUT2D eigenvalue weighted by molar-refractivity contribution is 7.99. The van der Waals surface area contributed by atoms with Gasteiger partial charge in [-0.25, -0.2) is 4.98 Å². The molecule has 2 aliphatic rings. The zero-order valence-electron chi connectivity index (χ0n) is 14.3. The summed E-state index contributed by atoms with van der Waals surface area (Å²) in [6, 6.07) is 3.37. The second kappa shape index (κ2) is 7.42. The molecule has 3 heterocycles. The number of thioether (sulfide) groups is 1. The number of carbonyl (C=O) groups is 2. The summed E-state index contributed by atoms with van der Waals surface area (Å²) in [5, 5.41) is 0. The Kier molecular flexibility index (Phi) is 5.28. The molecule has 2 amide bonds. The molecular weight excluding hydrogens is 324 g/mol. The molecule has 0 unspecified atom stereocenters. The third kappa shape index (κ3) is 3.36. The van der Waals surface area contributed by atoms with Crippen molar-refractivity contribution in [3.8, 4) is 0 Å². The Bertz CT molecular complexity index is 601. The zero-order chi connectivity index (χ0) is 17.1. The molecule has 24 heavy (non-hydrogen) atoms. The Morgan fingerprint density at radius 1 is 1.33 bits per heavy atom. The van der Waals surface area contributed by atoms with Crippen LogP contribution in [0.1, 0.15) is 30.1 Å². The van der Waals surface area contributed by atoms with Gasteiger partial charge >= 0.3 is 0 Å². The number of anilines is 1. The third-order valence-corrected chi connectivity index (χ3v) is 5.72. The van der Waals surface area contributed by atoms with Crippen LogP contribution in [0, 0.1) is 0 Å². The molecule has 6 nitrogen and oxygen atoms in total. The molecule has 2 saturated heterocycles. The third-order valence-electron chi connectivity index (χ3n) is 4.70. The van der Waals surface area contributed by atoms with E-state index in [0.29, 0.717) is 23.7 Å². The van der Waals surface area contributed by atoms with Gasteiger partial charge in [-0.3, -0.25) is 9.59 Å². The van der Waals surface area contributed by atoms with Crippen LogP contribution in [0.2, 0.25) is 0 Å². The van der Waals surface area contributed by atoms with Crippen molar-refractivity contribution >= 4 is 29.4 Å². The van der Waals surface area contributed by atoms with Gasteiger partial charge in [0, 0.05) is 38.6 Å². The van der Waals surface area contributed by atoms with E-state index in [9.17, 15) is 9.59 Å². The molecule has 2 aliphatic heterocycles. The van der Waals surface area contributed by atoms with E-state index < -0.39 is 0 Å². The summed E-state index contributed by atoms with van der Waals surface area (Å²) >= 11 is 1.62. The van der Waals surface area contributed by atoms with Gasteiger partial charge in [-0.05, 0) is 31.9 Å². The standard InChI is InChI=1S/C17H24N4O2S/c1-3-19(2)17(23)14-11-24-12-21(14)16(22)13-6-7-15(18-10-13)20-8-4-5-9-20/h6-7,10,14H,3-5,8-9,11-12H2,1-2H3/t14-/m1/s1. The second-order valence-corrected chi connectivity index (χ2v) is 7.24. The first-order valence-corrected chi connectivity index (χ1v) is 9.62. The van der Waals surface area contributed by atoms with Crippen molar-refractivity contribution < 1.29 is 9.59 Å². The van der Waals surface area contributed by atoms with E-state index in [1.165, 1.54) is 12.8 Å². The molecule has 0 aromatic carbocycles. The highest BCUT2D eigenvalue weighted by atomic mass is 32.2. The van der Waals surface area contributed by atoms with Gasteiger partial charge in [-0.15, -0.1) is 11.8 Å². The first-order valence-electron chi connectivity index (χ1n) is 8.46. The fourth-order valence-corrected chi connectivity index (χ4v) is 4.21. The van der Waals surface area contributed by atoms with E-state index in [4.69, 9.17) is 0 Å². The average molecular weight is 348 g/mol. The number of hydrogen-bond donors (Lipinski definition) is 0. The van der Waals surface area contributed by atoms with E-state index in [-0.39, 0.29) is 17.9 Å². The molecule has 0 radical (unpaired) electrons. The molecule has 2 fully saturated rings. The van der Waals surface area contributed by atoms with Crippen LogP contribution < -0.4 is 4.90 Å². The number of rotatable bonds is 4. The van der Waals surface area contributed by atoms with Gasteiger partial charge < -0.3 is 14.7 Å². The Hall–Kier alpha value is -1.76. The Morgan fingerprint density at radius 2 is 2.08 bits per heavy atom. The van der Waals surface area contributed by atoms with Crippen LogP contribution in [0.3, 0.4) is 0 Å². The van der Waals surface area contributed by atoms with E-state index >= 15 is 0 Å². The smallest absolute Gasteiger partial charge is 0.256 e. The van der Waals surface area contributed by atoms with E-state index in [2.05, 4.69) is 9.88 Å². The minimum Gasteiger partial charge on any atom is -0.357 e. The number of carbonyl (C=O) groups excluding carboxylic acids is 2. The largest absolute Gasteiger partial charge is 0.357 e. The van der Waals surface area contributed by atoms with Crippen molar-refractivity contribution in [3.63, 3.8) is 0 Å². The fourth-order valence-electron chi connectivity index (χ4n) is 3.07. The molecule has 0 N–H and O–H groups in total. The van der Waals surface area contributed by atoms with Crippen LogP contribution in [0.5, 0.6) is 0 Å². The van der Waals surface area contributed by atoms with Gasteiger partial charge in [0.2, 0.25) is 5.91 Å². The number of amides is 2. The summed E-state index contributed by atoms with van der Waals surface area (Å²) in [4.78, 5) is 35.3. The monoisotopic (exact) mass is 348 g/mol. The summed E-state index contributed by atoms with van der Waals surface area (Å²) < 4.78 is 0. The molecule has 1 aromatic heterocycles. The number of likely N-dealkylation sites (N-methyl/N-ethyl adjacent to an activating group) is 1. The predicted octanol–water partition coefficient (Wildman–Crippen LogP) is 1.68. The van der Waals surface area contributed by atoms with Gasteiger partial charge in [0.15, 0.2) is 0 Å². The molecule has 3 rings (SSSR count). The SMILES string of the molecule is CCN(C)C(=O)[C@H]1CSCN1C(=O)c1ccc(N2CCCC2)nc1. The van der Waals surface area contributed by atoms with Gasteiger partial charge in [-0.2, -0.15) is 0 Å². The maximum absolute atomic E-state index is 12.8. The van der Waals surface area contributed by atoms with Crippen LogP contribution in [0.25, 0.3) is 0 Å². The summed E-state index contributed by atoms with van der Waals surface area (Å²) in [5.74, 6) is 2.05. The molecule has 1 aromatic rings. The summed E-state index contributed by atoms with van der Waals surface area (Å²) in [5.41, 5.74) is 0.553. The van der Waals surface area contributed by atoms with Crippen LogP contribution in [-0.4, -0.2) is 71.0 Å². The first kappa shape index (κ1) is 17.1. The quantitative estimate of drug-likeness (QED) is 0.829. The molecule has 7 heteroatoms. The number of nitrogens with zero attached hydrogens (tertiary/aromatic N) is 4. The van der Waals surface area contributed by atoms with E-state index in [1.54, 1.807) is 34.8 Å². The Balaban J connectivity index is 1.71. The van der Waals surface area contributed by atoms with Crippen molar-refractivity contribution in [1.29, 1.82) is 0 Å². The van der Waals surface area contributed by atoms with Gasteiger partial charge in [-0.1, -0.05) is 0 Å². The lowest BCUT2D eigenvalue weighted by atomic mass is 10.2. The van der Waals surface area contributed by atoms with E-state index in [1.807, 2.05) is 19.1 Å². The minimum absolute atomic E-state index is 0.0116. The van der Waals surface area contributed by atoms with Crippen molar-refractivity contribution in [2.75, 3.05) is 43.2 Å². The summed E-state index contributed by atoms with van der Waals surface area (Å²) in [7, 11) is 1.78. The molecule has 130 valence electrons. The molecular formula is C17H24N4O2S. The zero-order valence-corrected chi connectivity index (χ0v) is 15.1. The lowest BCUT2D eigenvalue weighted by molar-refractivity contribution is -0.133. The molecule has 1 atom stereocenters. The Labute approximate surface area is 147 Å². The van der Waals surface area contributed by atoms with Crippen LogP contribution in [0.15, 0.2) is 18.3 Å². The number of hydrogen-bond acceptors (Lipinski definition) is 5. The fraction of sp³-hybridized carbons (Fsp3) is 0.588. The Morgan fingerprint density at radius 3 is 2.71 bits per heavy atom. The number of pyridine rings is 1. The van der Waals surface area contributed by atoms with Gasteiger partial charge in [0.25, 0.3) is 5.91 Å². The van der Waals surface area contributed by atoms with Crippen molar-refractivity contribution in [3.05, 3.63) is 23.9 Å². The van der Waals surface area contributed by atoms with Crippen LogP contribution >= 0.6 is 11.8 Å². The van der Waals surface area contributed by atoms with Crippen molar-refractivity contribution in [1.82, 2.24) is 14.8 Å². The topological polar surface area (TPSA) is 56.8 Å². The average Bonchev–Trinajstić information content (AvgIpc) is 3.31. The molecule has 0 aliphatic carbocycles. The maximum atomic E-state index is 12.8. The molecule has 0 spiro atoms. The summed E-state index contributed by atoms with van der Waals surface area (Å²) in [6.45, 7) is 4.65. The highest BCUT2D eigenvalue weighted by Gasteiger charge is 2.36. The van der Waals surface area contributed by atoms with Gasteiger partial charge in [0.1, 0.15) is 11.9 Å². The number of aromatic nitrogens is 1. The second-order valence-electron chi connectivity index (χ2n) is 6.24. The summed E-state index contributed by atoms with van der Waals surface area (Å²) in [6.07, 6.45) is 4.04. The first-order chi connectivity index (χ1) is 11.6. The minimum atomic E-state index is -0.370. The lowest BCUT2D eigenvalue weighted by Gasteiger charge is -2.26.